The lowest BCUT2D eigenvalue weighted by atomic mass is 10.0. The number of allylic oxidation sites excluding steroid dienone is 1. The second-order valence-electron chi connectivity index (χ2n) is 11.1. The minimum Gasteiger partial charge on any atom is -0.456 e. The van der Waals surface area contributed by atoms with Crippen molar-refractivity contribution < 1.29 is 32.8 Å². The molecule has 2 amide bonds. The Hall–Kier alpha value is -1.63. The summed E-state index contributed by atoms with van der Waals surface area (Å²) in [5, 5.41) is 2.24. The van der Waals surface area contributed by atoms with E-state index in [1.807, 2.05) is 18.2 Å². The summed E-state index contributed by atoms with van der Waals surface area (Å²) in [5.41, 5.74) is 2.96. The number of nitrogens with zero attached hydrogens (tertiary/aromatic N) is 1. The lowest BCUT2D eigenvalue weighted by Crippen LogP contribution is -2.70. The van der Waals surface area contributed by atoms with Gasteiger partial charge in [0.1, 0.15) is 23.7 Å². The molecule has 3 heterocycles. The number of benzene rings is 1. The van der Waals surface area contributed by atoms with Crippen LogP contribution in [0, 0.1) is 0 Å². The molecule has 0 saturated carbocycles. The molecule has 0 spiro atoms. The average Bonchev–Trinajstić information content (AvgIpc) is 3.48. The molecule has 4 rings (SSSR count). The van der Waals surface area contributed by atoms with Gasteiger partial charge in [-0.3, -0.25) is 18.7 Å². The molecule has 1 saturated heterocycles. The number of hydrogen-bond acceptors (Lipinski definition) is 8. The number of carbonyl (C=O) groups excluding carboxylic acids is 3. The Morgan fingerprint density at radius 2 is 1.85 bits per heavy atom. The number of amides is 2. The first-order valence-corrected chi connectivity index (χ1v) is 18.9. The highest BCUT2D eigenvalue weighted by molar-refractivity contribution is 8.04. The van der Waals surface area contributed by atoms with E-state index >= 15 is 0 Å². The Labute approximate surface area is 297 Å². The predicted molar refractivity (Wildman–Crippen MR) is 186 cm³/mol. The Morgan fingerprint density at radius 1 is 1.17 bits per heavy atom. The van der Waals surface area contributed by atoms with E-state index in [4.69, 9.17) is 60.6 Å². The number of halogens is 4. The fourth-order valence-electron chi connectivity index (χ4n) is 4.98. The molecule has 1 aromatic rings. The summed E-state index contributed by atoms with van der Waals surface area (Å²) in [7, 11) is -0.743. The minimum absolute atomic E-state index is 0.0199. The normalized spacial score (nSPS) is 20.7. The van der Waals surface area contributed by atoms with Crippen LogP contribution in [-0.2, 0) is 36.3 Å². The number of β-lactam (4-membered cyclic amide) rings is 1. The molecule has 15 heteroatoms. The third kappa shape index (κ3) is 11.0. The van der Waals surface area contributed by atoms with Gasteiger partial charge in [-0.25, -0.2) is 4.79 Å². The van der Waals surface area contributed by atoms with Crippen molar-refractivity contribution in [2.24, 2.45) is 0 Å². The molecule has 0 bridgehead atoms. The highest BCUT2D eigenvalue weighted by atomic mass is 35.6. The van der Waals surface area contributed by atoms with Crippen LogP contribution in [0.5, 0.6) is 11.5 Å². The number of ether oxygens (including phenoxy) is 3. The topological polar surface area (TPSA) is 111 Å². The van der Waals surface area contributed by atoms with Crippen LogP contribution in [0.15, 0.2) is 39.9 Å². The number of thioether (sulfide) groups is 1. The summed E-state index contributed by atoms with van der Waals surface area (Å²) in [4.78, 5) is 37.7. The molecule has 1 aromatic carbocycles. The van der Waals surface area contributed by atoms with Crippen LogP contribution >= 0.6 is 58.2 Å². The lowest BCUT2D eigenvalue weighted by Gasteiger charge is -2.49. The first-order chi connectivity index (χ1) is 21.8. The van der Waals surface area contributed by atoms with E-state index in [1.54, 1.807) is 6.92 Å². The van der Waals surface area contributed by atoms with Gasteiger partial charge in [0.2, 0.25) is 16.5 Å². The minimum atomic E-state index is -1.77. The van der Waals surface area contributed by atoms with E-state index in [9.17, 15) is 18.6 Å². The van der Waals surface area contributed by atoms with Crippen molar-refractivity contribution in [3.8, 4) is 11.5 Å². The number of esters is 1. The third-order valence-corrected chi connectivity index (χ3v) is 11.2. The number of unbranched alkanes of at least 4 members (excludes halogenated alkanes) is 5. The maximum atomic E-state index is 12.4. The van der Waals surface area contributed by atoms with Gasteiger partial charge < -0.3 is 19.5 Å². The van der Waals surface area contributed by atoms with E-state index in [-0.39, 0.29) is 16.9 Å². The summed E-state index contributed by atoms with van der Waals surface area (Å²) in [5.74, 6) is 0.872. The molecule has 9 nitrogen and oxygen atoms in total. The van der Waals surface area contributed by atoms with Crippen molar-refractivity contribution in [2.75, 3.05) is 19.2 Å². The smallest absolute Gasteiger partial charge is 0.355 e. The zero-order valence-corrected chi connectivity index (χ0v) is 30.9. The van der Waals surface area contributed by atoms with Crippen LogP contribution in [0.3, 0.4) is 0 Å². The van der Waals surface area contributed by atoms with E-state index in [1.165, 1.54) is 66.8 Å². The van der Waals surface area contributed by atoms with E-state index in [2.05, 4.69) is 19.2 Å². The molecule has 0 aromatic heterocycles. The predicted octanol–water partition coefficient (Wildman–Crippen LogP) is 7.13. The van der Waals surface area contributed by atoms with Gasteiger partial charge in [-0.15, -0.1) is 0 Å². The zero-order valence-electron chi connectivity index (χ0n) is 26.2. The first-order valence-electron chi connectivity index (χ1n) is 15.0. The molecule has 3 aliphatic heterocycles. The van der Waals surface area contributed by atoms with Gasteiger partial charge in [-0.05, 0) is 43.0 Å². The largest absolute Gasteiger partial charge is 0.456 e. The van der Waals surface area contributed by atoms with Crippen LogP contribution in [0.4, 0.5) is 0 Å². The highest BCUT2D eigenvalue weighted by Crippen LogP contribution is 2.47. The van der Waals surface area contributed by atoms with Crippen molar-refractivity contribution in [3.63, 3.8) is 0 Å². The Bertz CT molecular complexity index is 1350. The fraction of sp³-hybridized carbons (Fsp3) is 0.581. The quantitative estimate of drug-likeness (QED) is 0.0980. The van der Waals surface area contributed by atoms with Crippen LogP contribution in [0.2, 0.25) is 0 Å². The fourth-order valence-corrected chi connectivity index (χ4v) is 7.95. The summed E-state index contributed by atoms with van der Waals surface area (Å²) in [6.45, 7) is 7.08. The number of carbonyl (C=O) groups is 3. The Balaban J connectivity index is 0.000000251. The summed E-state index contributed by atoms with van der Waals surface area (Å²) in [6, 6.07) is 5.26. The number of rotatable bonds is 13. The zero-order chi connectivity index (χ0) is 34.0. The molecule has 0 aliphatic carbocycles. The van der Waals surface area contributed by atoms with Gasteiger partial charge >= 0.3 is 5.97 Å². The van der Waals surface area contributed by atoms with E-state index in [0.29, 0.717) is 17.3 Å². The number of alkyl halides is 3. The monoisotopic (exact) mass is 756 g/mol. The van der Waals surface area contributed by atoms with Crippen LogP contribution in [0.25, 0.3) is 0 Å². The third-order valence-electron chi connectivity index (χ3n) is 7.38. The van der Waals surface area contributed by atoms with Crippen LogP contribution in [0.1, 0.15) is 71.8 Å². The van der Waals surface area contributed by atoms with Gasteiger partial charge in [0.05, 0.1) is 0 Å². The highest BCUT2D eigenvalue weighted by Gasteiger charge is 2.55. The molecular weight excluding hydrogens is 718 g/mol. The molecule has 1 fully saturated rings. The van der Waals surface area contributed by atoms with Crippen molar-refractivity contribution in [2.45, 2.75) is 93.1 Å². The van der Waals surface area contributed by atoms with Gasteiger partial charge in [0.25, 0.3) is 5.91 Å². The van der Waals surface area contributed by atoms with Crippen molar-refractivity contribution in [1.29, 1.82) is 0 Å². The Kier molecular flexibility index (Phi) is 15.4. The van der Waals surface area contributed by atoms with Gasteiger partial charge in [-0.1, -0.05) is 110 Å². The van der Waals surface area contributed by atoms with E-state index in [0.717, 1.165) is 30.1 Å². The molecule has 0 radical (unpaired) electrons. The molecule has 1 N–H and O–H groups in total. The van der Waals surface area contributed by atoms with E-state index < -0.39 is 44.5 Å². The molecule has 256 valence electrons. The summed E-state index contributed by atoms with van der Waals surface area (Å²) >= 11 is 23.8. The maximum absolute atomic E-state index is 12.4. The first kappa shape index (κ1) is 38.8. The Morgan fingerprint density at radius 3 is 2.50 bits per heavy atom. The maximum Gasteiger partial charge on any atom is 0.355 e. The number of nitrogens with one attached hydrogen (secondary N) is 1. The lowest BCUT2D eigenvalue weighted by molar-refractivity contribution is -0.152. The average molecular weight is 759 g/mol. The SMILES string of the molecule is CC(=O)NC1C(=O)N2C(C(=O)OCC(Cl)(Cl)Cl)=C(C)/C(=C/Cl)S[C@H]12.CCCCCCCCS(=O)C(C)Cc1ccc2c(c1)OCO2. The van der Waals surface area contributed by atoms with Gasteiger partial charge in [-0.2, -0.15) is 0 Å². The van der Waals surface area contributed by atoms with Crippen LogP contribution in [-0.4, -0.2) is 66.5 Å². The van der Waals surface area contributed by atoms with Crippen molar-refractivity contribution >= 4 is 86.7 Å². The molecule has 46 heavy (non-hydrogen) atoms. The second-order valence-corrected chi connectivity index (χ2v) is 17.0. The van der Waals surface area contributed by atoms with Gasteiger partial charge in [0.15, 0.2) is 11.5 Å². The summed E-state index contributed by atoms with van der Waals surface area (Å²) in [6.07, 6.45) is 8.32. The summed E-state index contributed by atoms with van der Waals surface area (Å²) < 4.78 is 26.2. The molecule has 3 aliphatic rings. The van der Waals surface area contributed by atoms with Gasteiger partial charge in [0, 0.05) is 39.2 Å². The van der Waals surface area contributed by atoms with Crippen molar-refractivity contribution in [1.82, 2.24) is 10.2 Å². The molecule has 3 unspecified atom stereocenters. The van der Waals surface area contributed by atoms with Crippen molar-refractivity contribution in [3.05, 3.63) is 45.5 Å². The molecular formula is C31H40Cl4N2O7S2. The van der Waals surface area contributed by atoms with Crippen LogP contribution < -0.4 is 14.8 Å². The standard InChI is InChI=1S/C18H28O3S.C13H12Cl4N2O4S/c1-3-4-5-6-7-8-11-22(19)15(2)12-16-9-10-17-18(13-16)21-14-20-17;1-5-7(3-14)24-11-8(18-6(2)20)10(21)19(11)9(5)12(22)23-4-13(15,16)17/h9-10,13,15H,3-8,11-12,14H2,1-2H3;3,8,11H,4H2,1-2H3,(H,18,20)/b;7-3-/t;8?,11-/m.1/s1. The number of hydrogen-bond donors (Lipinski definition) is 1. The number of fused-ring (bicyclic) bond motifs is 2. The second kappa shape index (κ2) is 18.2. The molecule has 4 atom stereocenters.